The van der Waals surface area contributed by atoms with Gasteiger partial charge in [-0.05, 0) is 69.2 Å². The highest BCUT2D eigenvalue weighted by Gasteiger charge is 2.17. The number of carbonyl (C=O) groups is 3. The van der Waals surface area contributed by atoms with Crippen molar-refractivity contribution >= 4 is 29.1 Å². The zero-order chi connectivity index (χ0) is 22.9. The van der Waals surface area contributed by atoms with E-state index in [4.69, 9.17) is 4.74 Å². The molecule has 1 aliphatic heterocycles. The van der Waals surface area contributed by atoms with Crippen LogP contribution in [0.5, 0.6) is 0 Å². The van der Waals surface area contributed by atoms with Crippen LogP contribution in [0.25, 0.3) is 0 Å². The van der Waals surface area contributed by atoms with E-state index in [1.165, 1.54) is 0 Å². The zero-order valence-corrected chi connectivity index (χ0v) is 18.4. The third kappa shape index (κ3) is 7.09. The lowest BCUT2D eigenvalue weighted by molar-refractivity contribution is -0.114. The highest BCUT2D eigenvalue weighted by atomic mass is 16.5. The van der Waals surface area contributed by atoms with Crippen molar-refractivity contribution in [1.29, 1.82) is 0 Å². The van der Waals surface area contributed by atoms with Crippen LogP contribution >= 0.6 is 0 Å². The van der Waals surface area contributed by atoms with E-state index in [-0.39, 0.29) is 36.4 Å². The molecule has 2 aromatic carbocycles. The van der Waals surface area contributed by atoms with E-state index in [1.807, 2.05) is 13.8 Å². The number of amides is 3. The first-order valence-corrected chi connectivity index (χ1v) is 10.9. The van der Waals surface area contributed by atoms with Gasteiger partial charge in [0, 0.05) is 41.7 Å². The Morgan fingerprint density at radius 3 is 2.47 bits per heavy atom. The fraction of sp³-hybridized carbons (Fsp3) is 0.375. The number of rotatable bonds is 9. The summed E-state index contributed by atoms with van der Waals surface area (Å²) in [5, 5.41) is 11.5. The van der Waals surface area contributed by atoms with Crippen LogP contribution in [-0.4, -0.2) is 49.6 Å². The van der Waals surface area contributed by atoms with Crippen LogP contribution in [0.4, 0.5) is 11.4 Å². The van der Waals surface area contributed by atoms with E-state index in [0.29, 0.717) is 29.0 Å². The lowest BCUT2D eigenvalue weighted by Crippen LogP contribution is -2.31. The van der Waals surface area contributed by atoms with E-state index in [9.17, 15) is 14.4 Å². The molecule has 170 valence electrons. The van der Waals surface area contributed by atoms with Gasteiger partial charge < -0.3 is 26.0 Å². The zero-order valence-electron chi connectivity index (χ0n) is 18.4. The predicted molar refractivity (Wildman–Crippen MR) is 124 cm³/mol. The monoisotopic (exact) mass is 438 g/mol. The second-order valence-electron chi connectivity index (χ2n) is 8.03. The van der Waals surface area contributed by atoms with Gasteiger partial charge >= 0.3 is 0 Å². The van der Waals surface area contributed by atoms with Gasteiger partial charge in [-0.1, -0.05) is 6.07 Å². The Kier molecular flexibility index (Phi) is 8.21. The molecule has 1 unspecified atom stereocenters. The first-order chi connectivity index (χ1) is 15.4. The molecule has 32 heavy (non-hydrogen) atoms. The highest BCUT2D eigenvalue weighted by molar-refractivity contribution is 5.97. The molecular formula is C24H30N4O4. The predicted octanol–water partition coefficient (Wildman–Crippen LogP) is 2.78. The van der Waals surface area contributed by atoms with Crippen molar-refractivity contribution in [2.24, 2.45) is 0 Å². The molecule has 0 saturated carbocycles. The van der Waals surface area contributed by atoms with Crippen LogP contribution in [0.3, 0.4) is 0 Å². The molecular weight excluding hydrogens is 408 g/mol. The Labute approximate surface area is 188 Å². The Balaban J connectivity index is 1.46. The summed E-state index contributed by atoms with van der Waals surface area (Å²) in [5.41, 5.74) is 2.32. The molecule has 3 amide bonds. The minimum Gasteiger partial charge on any atom is -0.376 e. The summed E-state index contributed by atoms with van der Waals surface area (Å²) in [7, 11) is 0. The smallest absolute Gasteiger partial charge is 0.251 e. The Morgan fingerprint density at radius 2 is 1.78 bits per heavy atom. The molecule has 1 aliphatic rings. The molecule has 1 atom stereocenters. The third-order valence-corrected chi connectivity index (χ3v) is 4.94. The summed E-state index contributed by atoms with van der Waals surface area (Å²) < 4.78 is 5.52. The van der Waals surface area contributed by atoms with Crippen LogP contribution in [0.2, 0.25) is 0 Å². The molecule has 8 nitrogen and oxygen atoms in total. The second-order valence-corrected chi connectivity index (χ2v) is 8.03. The molecule has 3 rings (SSSR count). The summed E-state index contributed by atoms with van der Waals surface area (Å²) in [4.78, 5) is 36.6. The maximum absolute atomic E-state index is 12.4. The van der Waals surface area contributed by atoms with E-state index in [0.717, 1.165) is 19.4 Å². The van der Waals surface area contributed by atoms with E-state index < -0.39 is 0 Å². The van der Waals surface area contributed by atoms with Gasteiger partial charge in [-0.3, -0.25) is 14.4 Å². The summed E-state index contributed by atoms with van der Waals surface area (Å²) in [6.07, 6.45) is 2.08. The quantitative estimate of drug-likeness (QED) is 0.481. The van der Waals surface area contributed by atoms with E-state index in [1.54, 1.807) is 48.5 Å². The van der Waals surface area contributed by atoms with Gasteiger partial charge in [-0.25, -0.2) is 0 Å². The minimum atomic E-state index is -0.238. The molecule has 2 aromatic rings. The first kappa shape index (κ1) is 23.3. The summed E-state index contributed by atoms with van der Waals surface area (Å²) in [5.74, 6) is -0.563. The second kappa shape index (κ2) is 11.3. The number of ether oxygens (including phenoxy) is 1. The van der Waals surface area contributed by atoms with Gasteiger partial charge in [0.25, 0.3) is 11.8 Å². The topological polar surface area (TPSA) is 109 Å². The molecule has 0 spiro atoms. The van der Waals surface area contributed by atoms with Gasteiger partial charge in [0.05, 0.1) is 12.6 Å². The van der Waals surface area contributed by atoms with Crippen LogP contribution in [0, 0.1) is 0 Å². The van der Waals surface area contributed by atoms with Crippen molar-refractivity contribution in [1.82, 2.24) is 10.6 Å². The summed E-state index contributed by atoms with van der Waals surface area (Å²) in [6, 6.07) is 13.8. The van der Waals surface area contributed by atoms with Crippen LogP contribution in [0.1, 0.15) is 47.4 Å². The Morgan fingerprint density at radius 1 is 1.00 bits per heavy atom. The summed E-state index contributed by atoms with van der Waals surface area (Å²) in [6.45, 7) is 5.08. The number of nitrogens with one attached hydrogen (secondary N) is 4. The fourth-order valence-electron chi connectivity index (χ4n) is 3.32. The van der Waals surface area contributed by atoms with Gasteiger partial charge in [0.2, 0.25) is 5.91 Å². The lowest BCUT2D eigenvalue weighted by Gasteiger charge is -2.12. The van der Waals surface area contributed by atoms with Crippen LogP contribution in [-0.2, 0) is 9.53 Å². The van der Waals surface area contributed by atoms with Crippen LogP contribution in [0.15, 0.2) is 48.5 Å². The third-order valence-electron chi connectivity index (χ3n) is 4.94. The lowest BCUT2D eigenvalue weighted by atomic mass is 10.1. The van der Waals surface area contributed by atoms with Crippen LogP contribution < -0.4 is 21.3 Å². The van der Waals surface area contributed by atoms with Crippen molar-refractivity contribution in [3.63, 3.8) is 0 Å². The van der Waals surface area contributed by atoms with Crippen molar-refractivity contribution in [2.75, 3.05) is 30.3 Å². The van der Waals surface area contributed by atoms with Gasteiger partial charge in [-0.15, -0.1) is 0 Å². The number of anilines is 2. The standard InChI is InChI=1S/C24H30N4O4/c1-16(2)27-24(31)17-8-10-19(11-9-17)28-22(29)15-25-20-6-3-5-18(13-20)23(30)26-14-21-7-4-12-32-21/h3,5-6,8-11,13,16,21,25H,4,7,12,14-15H2,1-2H3,(H,26,30)(H,27,31)(H,28,29). The molecule has 0 aliphatic carbocycles. The molecule has 1 saturated heterocycles. The highest BCUT2D eigenvalue weighted by Crippen LogP contribution is 2.14. The van der Waals surface area contributed by atoms with Crippen molar-refractivity contribution in [3.8, 4) is 0 Å². The van der Waals surface area contributed by atoms with Gasteiger partial charge in [0.1, 0.15) is 0 Å². The largest absolute Gasteiger partial charge is 0.376 e. The van der Waals surface area contributed by atoms with E-state index >= 15 is 0 Å². The molecule has 1 fully saturated rings. The van der Waals surface area contributed by atoms with Gasteiger partial charge in [-0.2, -0.15) is 0 Å². The Bertz CT molecular complexity index is 937. The SMILES string of the molecule is CC(C)NC(=O)c1ccc(NC(=O)CNc2cccc(C(=O)NCC3CCCO3)c2)cc1. The van der Waals surface area contributed by atoms with Crippen molar-refractivity contribution in [2.45, 2.75) is 38.8 Å². The maximum atomic E-state index is 12.4. The maximum Gasteiger partial charge on any atom is 0.251 e. The minimum absolute atomic E-state index is 0.0383. The van der Waals surface area contributed by atoms with Gasteiger partial charge in [0.15, 0.2) is 0 Å². The van der Waals surface area contributed by atoms with E-state index in [2.05, 4.69) is 21.3 Å². The molecule has 1 heterocycles. The number of carbonyl (C=O) groups excluding carboxylic acids is 3. The molecule has 0 aromatic heterocycles. The molecule has 8 heteroatoms. The summed E-state index contributed by atoms with van der Waals surface area (Å²) >= 11 is 0. The molecule has 0 radical (unpaired) electrons. The average molecular weight is 439 g/mol. The number of hydrogen-bond acceptors (Lipinski definition) is 5. The van der Waals surface area contributed by atoms with Crippen molar-refractivity contribution in [3.05, 3.63) is 59.7 Å². The Hall–Kier alpha value is -3.39. The fourth-order valence-corrected chi connectivity index (χ4v) is 3.32. The normalized spacial score (nSPS) is 15.3. The molecule has 0 bridgehead atoms. The number of hydrogen-bond donors (Lipinski definition) is 4. The van der Waals surface area contributed by atoms with Crippen molar-refractivity contribution < 1.29 is 19.1 Å². The molecule has 4 N–H and O–H groups in total. The first-order valence-electron chi connectivity index (χ1n) is 10.9. The number of benzene rings is 2. The average Bonchev–Trinajstić information content (AvgIpc) is 3.30.